The lowest BCUT2D eigenvalue weighted by molar-refractivity contribution is -0.140. The van der Waals surface area contributed by atoms with Gasteiger partial charge in [0.1, 0.15) is 18.4 Å². The van der Waals surface area contributed by atoms with Crippen molar-refractivity contribution < 1.29 is 22.4 Å². The molecule has 180 valence electrons. The van der Waals surface area contributed by atoms with Crippen LogP contribution >= 0.6 is 0 Å². The second-order valence-electron chi connectivity index (χ2n) is 7.95. The van der Waals surface area contributed by atoms with Crippen LogP contribution in [-0.2, 0) is 26.2 Å². The number of rotatable bonds is 11. The van der Waals surface area contributed by atoms with Crippen molar-refractivity contribution in [3.63, 3.8) is 0 Å². The Kier molecular flexibility index (Phi) is 9.40. The molecule has 0 fully saturated rings. The van der Waals surface area contributed by atoms with E-state index in [2.05, 4.69) is 5.32 Å². The van der Waals surface area contributed by atoms with Gasteiger partial charge in [-0.25, -0.2) is 12.8 Å². The van der Waals surface area contributed by atoms with Crippen LogP contribution in [0.1, 0.15) is 37.8 Å². The topological polar surface area (TPSA) is 86.8 Å². The summed E-state index contributed by atoms with van der Waals surface area (Å²) in [6.45, 7) is 5.60. The van der Waals surface area contributed by atoms with Crippen molar-refractivity contribution in [2.75, 3.05) is 23.7 Å². The van der Waals surface area contributed by atoms with E-state index in [-0.39, 0.29) is 18.1 Å². The van der Waals surface area contributed by atoms with Gasteiger partial charge in [0, 0.05) is 13.1 Å². The van der Waals surface area contributed by atoms with E-state index in [0.717, 1.165) is 34.2 Å². The molecule has 2 aromatic carbocycles. The van der Waals surface area contributed by atoms with Gasteiger partial charge >= 0.3 is 0 Å². The predicted molar refractivity (Wildman–Crippen MR) is 128 cm³/mol. The van der Waals surface area contributed by atoms with E-state index in [0.29, 0.717) is 13.0 Å². The van der Waals surface area contributed by atoms with Gasteiger partial charge in [-0.2, -0.15) is 0 Å². The number of halogens is 1. The molecule has 0 radical (unpaired) electrons. The highest BCUT2D eigenvalue weighted by atomic mass is 32.2. The second-order valence-corrected chi connectivity index (χ2v) is 9.85. The molecule has 0 aliphatic carbocycles. The van der Waals surface area contributed by atoms with Gasteiger partial charge in [0.25, 0.3) is 0 Å². The maximum absolute atomic E-state index is 14.4. The number of nitrogens with one attached hydrogen (secondary N) is 1. The van der Waals surface area contributed by atoms with E-state index in [1.165, 1.54) is 23.1 Å². The maximum Gasteiger partial charge on any atom is 0.244 e. The third-order valence-corrected chi connectivity index (χ3v) is 6.30. The predicted octanol–water partition coefficient (Wildman–Crippen LogP) is 3.23. The first-order chi connectivity index (χ1) is 15.6. The Labute approximate surface area is 195 Å². The molecule has 0 aliphatic rings. The molecule has 0 aliphatic heterocycles. The van der Waals surface area contributed by atoms with E-state index in [1.807, 2.05) is 38.1 Å². The molecule has 0 spiro atoms. The first kappa shape index (κ1) is 26.3. The Morgan fingerprint density at radius 2 is 1.79 bits per heavy atom. The zero-order valence-electron chi connectivity index (χ0n) is 19.5. The van der Waals surface area contributed by atoms with Crippen LogP contribution < -0.4 is 9.62 Å². The molecule has 0 heterocycles. The van der Waals surface area contributed by atoms with Gasteiger partial charge in [0.15, 0.2) is 0 Å². The minimum absolute atomic E-state index is 0.118. The van der Waals surface area contributed by atoms with E-state index in [4.69, 9.17) is 0 Å². The number of amides is 2. The lowest BCUT2D eigenvalue weighted by Gasteiger charge is -2.33. The third kappa shape index (κ3) is 7.28. The van der Waals surface area contributed by atoms with Crippen molar-refractivity contribution in [1.29, 1.82) is 0 Å². The average Bonchev–Trinajstić information content (AvgIpc) is 2.75. The van der Waals surface area contributed by atoms with E-state index in [9.17, 15) is 22.4 Å². The van der Waals surface area contributed by atoms with Crippen LogP contribution in [-0.4, -0.2) is 50.5 Å². The highest BCUT2D eigenvalue weighted by Gasteiger charge is 2.32. The molecule has 0 saturated carbocycles. The number of carbonyl (C=O) groups is 2. The summed E-state index contributed by atoms with van der Waals surface area (Å²) >= 11 is 0. The number of nitrogens with zero attached hydrogens (tertiary/aromatic N) is 2. The molecule has 1 N–H and O–H groups in total. The largest absolute Gasteiger partial charge is 0.354 e. The molecule has 0 saturated heterocycles. The maximum atomic E-state index is 14.4. The van der Waals surface area contributed by atoms with Gasteiger partial charge in [-0.15, -0.1) is 0 Å². The number of benzene rings is 2. The van der Waals surface area contributed by atoms with Crippen LogP contribution in [0.25, 0.3) is 0 Å². The van der Waals surface area contributed by atoms with Crippen molar-refractivity contribution in [2.24, 2.45) is 0 Å². The van der Waals surface area contributed by atoms with Crippen molar-refractivity contribution in [2.45, 2.75) is 46.2 Å². The summed E-state index contributed by atoms with van der Waals surface area (Å²) in [6.07, 6.45) is 2.00. The SMILES string of the molecule is CCCNC(=O)[C@@H](CC)N(Cc1cccc(C)c1)C(=O)CN(c1ccccc1F)S(C)(=O)=O. The van der Waals surface area contributed by atoms with Crippen LogP contribution in [0.3, 0.4) is 0 Å². The summed E-state index contributed by atoms with van der Waals surface area (Å²) in [7, 11) is -3.97. The fourth-order valence-corrected chi connectivity index (χ4v) is 4.39. The molecule has 1 atom stereocenters. The molecule has 7 nitrogen and oxygen atoms in total. The van der Waals surface area contributed by atoms with E-state index >= 15 is 0 Å². The molecule has 0 bridgehead atoms. The lowest BCUT2D eigenvalue weighted by atomic mass is 10.1. The minimum Gasteiger partial charge on any atom is -0.354 e. The normalized spacial score (nSPS) is 12.2. The van der Waals surface area contributed by atoms with Gasteiger partial charge in [-0.3, -0.25) is 13.9 Å². The number of carbonyl (C=O) groups excluding carboxylic acids is 2. The Balaban J connectivity index is 2.44. The fourth-order valence-electron chi connectivity index (χ4n) is 3.54. The van der Waals surface area contributed by atoms with Crippen molar-refractivity contribution in [3.8, 4) is 0 Å². The molecular weight excluding hydrogens is 445 g/mol. The first-order valence-corrected chi connectivity index (χ1v) is 12.8. The molecular formula is C24H32FN3O4S. The summed E-state index contributed by atoms with van der Waals surface area (Å²) in [5, 5.41) is 2.82. The summed E-state index contributed by atoms with van der Waals surface area (Å²) in [5.74, 6) is -1.66. The molecule has 33 heavy (non-hydrogen) atoms. The second kappa shape index (κ2) is 11.8. The Morgan fingerprint density at radius 1 is 1.09 bits per heavy atom. The molecule has 2 rings (SSSR count). The molecule has 9 heteroatoms. The van der Waals surface area contributed by atoms with Crippen LogP contribution in [0, 0.1) is 12.7 Å². The van der Waals surface area contributed by atoms with Crippen LogP contribution in [0.5, 0.6) is 0 Å². The molecule has 2 amide bonds. The number of para-hydroxylation sites is 1. The number of hydrogen-bond donors (Lipinski definition) is 1. The van der Waals surface area contributed by atoms with Crippen LogP contribution in [0.15, 0.2) is 48.5 Å². The molecule has 2 aromatic rings. The molecule has 0 aromatic heterocycles. The van der Waals surface area contributed by atoms with Crippen molar-refractivity contribution >= 4 is 27.5 Å². The standard InChI is InChI=1S/C24H32FN3O4S/c1-5-14-26-24(30)21(6-2)27(16-19-11-9-10-18(3)15-19)23(29)17-28(33(4,31)32)22-13-8-7-12-20(22)25/h7-13,15,21H,5-6,14,16-17H2,1-4H3,(H,26,30)/t21-/m1/s1. The lowest BCUT2D eigenvalue weighted by Crippen LogP contribution is -2.52. The van der Waals surface area contributed by atoms with Gasteiger partial charge in [0.2, 0.25) is 21.8 Å². The molecule has 0 unspecified atom stereocenters. The monoisotopic (exact) mass is 477 g/mol. The van der Waals surface area contributed by atoms with Gasteiger partial charge in [-0.05, 0) is 37.5 Å². The van der Waals surface area contributed by atoms with Gasteiger partial charge < -0.3 is 10.2 Å². The summed E-state index contributed by atoms with van der Waals surface area (Å²) < 4.78 is 40.1. The highest BCUT2D eigenvalue weighted by Crippen LogP contribution is 2.22. The van der Waals surface area contributed by atoms with E-state index in [1.54, 1.807) is 6.92 Å². The van der Waals surface area contributed by atoms with Crippen molar-refractivity contribution in [1.82, 2.24) is 10.2 Å². The van der Waals surface area contributed by atoms with Gasteiger partial charge in [0.05, 0.1) is 11.9 Å². The van der Waals surface area contributed by atoms with Crippen LogP contribution in [0.4, 0.5) is 10.1 Å². The number of anilines is 1. The third-order valence-electron chi connectivity index (χ3n) is 5.17. The average molecular weight is 478 g/mol. The Morgan fingerprint density at radius 3 is 2.36 bits per heavy atom. The Hall–Kier alpha value is -2.94. The Bertz CT molecular complexity index is 1070. The summed E-state index contributed by atoms with van der Waals surface area (Å²) in [4.78, 5) is 27.7. The van der Waals surface area contributed by atoms with Gasteiger partial charge in [-0.1, -0.05) is 55.8 Å². The van der Waals surface area contributed by atoms with Crippen LogP contribution in [0.2, 0.25) is 0 Å². The number of sulfonamides is 1. The highest BCUT2D eigenvalue weighted by molar-refractivity contribution is 7.92. The quantitative estimate of drug-likeness (QED) is 0.538. The number of aryl methyl sites for hydroxylation is 1. The zero-order valence-corrected chi connectivity index (χ0v) is 20.4. The summed E-state index contributed by atoms with van der Waals surface area (Å²) in [5.41, 5.74) is 1.58. The summed E-state index contributed by atoms with van der Waals surface area (Å²) in [6, 6.07) is 12.1. The zero-order chi connectivity index (χ0) is 24.6. The minimum atomic E-state index is -3.97. The first-order valence-electron chi connectivity index (χ1n) is 10.9. The smallest absolute Gasteiger partial charge is 0.244 e. The number of hydrogen-bond acceptors (Lipinski definition) is 4. The fraction of sp³-hybridized carbons (Fsp3) is 0.417. The van der Waals surface area contributed by atoms with E-state index < -0.39 is 34.3 Å². The van der Waals surface area contributed by atoms with Crippen molar-refractivity contribution in [3.05, 3.63) is 65.5 Å².